The molecule has 2 aromatic carbocycles. The molecule has 3 aliphatic rings. The van der Waals surface area contributed by atoms with E-state index >= 15 is 0 Å². The Bertz CT molecular complexity index is 1120. The molecule has 3 aliphatic carbocycles. The second-order valence-electron chi connectivity index (χ2n) is 12.8. The Morgan fingerprint density at radius 3 is 1.68 bits per heavy atom. The minimum absolute atomic E-state index is 0.171. The van der Waals surface area contributed by atoms with Gasteiger partial charge in [-0.05, 0) is 0 Å². The predicted molar refractivity (Wildman–Crippen MR) is 146 cm³/mol. The molecule has 1 heteroatoms. The van der Waals surface area contributed by atoms with Gasteiger partial charge in [0.25, 0.3) is 0 Å². The summed E-state index contributed by atoms with van der Waals surface area (Å²) in [4.78, 5) is 0. The van der Waals surface area contributed by atoms with Crippen LogP contribution < -0.4 is 0 Å². The van der Waals surface area contributed by atoms with Crippen LogP contribution in [0.4, 0.5) is 0 Å². The monoisotopic (exact) mass is 528 g/mol. The van der Waals surface area contributed by atoms with Crippen molar-refractivity contribution in [3.8, 4) is 11.1 Å². The first-order valence-electron chi connectivity index (χ1n) is 13.5. The Morgan fingerprint density at radius 1 is 0.706 bits per heavy atom. The van der Waals surface area contributed by atoms with Gasteiger partial charge >= 0.3 is 217 Å². The summed E-state index contributed by atoms with van der Waals surface area (Å²) in [6.45, 7) is 14.1. The first kappa shape index (κ1) is 24.4. The van der Waals surface area contributed by atoms with Crippen LogP contribution in [-0.2, 0) is 32.1 Å². The van der Waals surface area contributed by atoms with Crippen LogP contribution in [-0.4, -0.2) is 3.21 Å². The molecule has 0 aliphatic heterocycles. The van der Waals surface area contributed by atoms with Crippen LogP contribution in [0, 0.1) is 0 Å². The molecule has 5 rings (SSSR count). The Morgan fingerprint density at radius 2 is 1.24 bits per heavy atom. The molecule has 0 aromatic heterocycles. The van der Waals surface area contributed by atoms with Gasteiger partial charge in [0.1, 0.15) is 0 Å². The van der Waals surface area contributed by atoms with E-state index in [0.29, 0.717) is 3.63 Å². The average Bonchev–Trinajstić information content (AvgIpc) is 3.32. The van der Waals surface area contributed by atoms with Crippen molar-refractivity contribution in [2.24, 2.45) is 0 Å². The molecule has 1 fully saturated rings. The van der Waals surface area contributed by atoms with E-state index in [0.717, 1.165) is 0 Å². The molecule has 0 N–H and O–H groups in total. The zero-order valence-electron chi connectivity index (χ0n) is 22.2. The van der Waals surface area contributed by atoms with Crippen LogP contribution in [0.2, 0.25) is 0 Å². The van der Waals surface area contributed by atoms with Crippen molar-refractivity contribution in [3.05, 3.63) is 80.2 Å². The summed E-state index contributed by atoms with van der Waals surface area (Å²) in [5, 5.41) is 0. The molecule has 0 spiro atoms. The summed E-state index contributed by atoms with van der Waals surface area (Å²) < 4.78 is 4.50. The molecule has 0 saturated heterocycles. The van der Waals surface area contributed by atoms with Gasteiger partial charge in [-0.15, -0.1) is 0 Å². The van der Waals surface area contributed by atoms with Crippen molar-refractivity contribution in [1.82, 2.24) is 0 Å². The first-order chi connectivity index (χ1) is 16.1. The normalized spacial score (nSPS) is 18.5. The van der Waals surface area contributed by atoms with Crippen LogP contribution >= 0.6 is 0 Å². The summed E-state index contributed by atoms with van der Waals surface area (Å²) in [6.07, 6.45) is 17.0. The van der Waals surface area contributed by atoms with Crippen molar-refractivity contribution in [2.45, 2.75) is 101 Å². The van der Waals surface area contributed by atoms with E-state index < -0.39 is 21.3 Å². The molecule has 0 bridgehead atoms. The van der Waals surface area contributed by atoms with Gasteiger partial charge < -0.3 is 0 Å². The van der Waals surface area contributed by atoms with Crippen LogP contribution in [0.1, 0.15) is 112 Å². The molecule has 0 radical (unpaired) electrons. The maximum absolute atomic E-state index is 2.56. The number of benzene rings is 2. The third-order valence-corrected chi connectivity index (χ3v) is 16.9. The van der Waals surface area contributed by atoms with Gasteiger partial charge in [0, 0.05) is 0 Å². The van der Waals surface area contributed by atoms with Crippen LogP contribution in [0.25, 0.3) is 11.1 Å². The predicted octanol–water partition coefficient (Wildman–Crippen LogP) is 9.34. The quantitative estimate of drug-likeness (QED) is 0.340. The average molecular weight is 530 g/mol. The van der Waals surface area contributed by atoms with E-state index in [2.05, 4.69) is 96.2 Å². The molecule has 1 saturated carbocycles. The fourth-order valence-corrected chi connectivity index (χ4v) is 15.7. The number of hydrogen-bond donors (Lipinski definition) is 0. The number of fused-ring (bicyclic) bond motifs is 3. The van der Waals surface area contributed by atoms with Crippen LogP contribution in [0.5, 0.6) is 0 Å². The SMILES string of the molecule is CC(C)(C)c1ccc2c(c1)-c1cc(C(C)(C)C)ccc1[CH]2[Zr]([C]1=CC=CC1)=[C]1CCCCCC1. The van der Waals surface area contributed by atoms with E-state index in [-0.39, 0.29) is 10.8 Å². The van der Waals surface area contributed by atoms with Gasteiger partial charge in [0.15, 0.2) is 0 Å². The fourth-order valence-electron chi connectivity index (χ4n) is 6.18. The van der Waals surface area contributed by atoms with Gasteiger partial charge in [0.05, 0.1) is 0 Å². The molecule has 34 heavy (non-hydrogen) atoms. The van der Waals surface area contributed by atoms with Crippen molar-refractivity contribution in [1.29, 1.82) is 0 Å². The molecule has 0 nitrogen and oxygen atoms in total. The second kappa shape index (κ2) is 9.28. The van der Waals surface area contributed by atoms with Gasteiger partial charge in [-0.1, -0.05) is 0 Å². The molecule has 0 heterocycles. The summed E-state index contributed by atoms with van der Waals surface area (Å²) >= 11 is -2.10. The zero-order chi connectivity index (χ0) is 24.1. The third-order valence-electron chi connectivity index (χ3n) is 8.24. The van der Waals surface area contributed by atoms with Crippen molar-refractivity contribution >= 4 is 3.21 Å². The first-order valence-corrected chi connectivity index (χ1v) is 17.4. The molecule has 0 amide bonds. The molecule has 2 aromatic rings. The van der Waals surface area contributed by atoms with E-state index in [9.17, 15) is 0 Å². The molecular formula is C33H42Zr. The topological polar surface area (TPSA) is 0 Å². The Hall–Kier alpha value is -1.33. The van der Waals surface area contributed by atoms with E-state index in [1.807, 2.05) is 6.49 Å². The van der Waals surface area contributed by atoms with Crippen LogP contribution in [0.3, 0.4) is 0 Å². The summed E-state index contributed by atoms with van der Waals surface area (Å²) in [5.74, 6) is 0. The molecule has 0 atom stereocenters. The molecular weight excluding hydrogens is 488 g/mol. The van der Waals surface area contributed by atoms with Gasteiger partial charge in [-0.25, -0.2) is 0 Å². The third kappa shape index (κ3) is 4.59. The summed E-state index contributed by atoms with van der Waals surface area (Å²) in [6, 6.07) is 15.1. The Kier molecular flexibility index (Phi) is 6.65. The maximum atomic E-state index is 2.56. The van der Waals surface area contributed by atoms with Gasteiger partial charge in [0.2, 0.25) is 0 Å². The van der Waals surface area contributed by atoms with Crippen molar-refractivity contribution in [2.75, 3.05) is 0 Å². The zero-order valence-corrected chi connectivity index (χ0v) is 24.7. The van der Waals surface area contributed by atoms with Crippen molar-refractivity contribution in [3.63, 3.8) is 0 Å². The summed E-state index contributed by atoms with van der Waals surface area (Å²) in [7, 11) is 0. The Balaban J connectivity index is 1.76. The van der Waals surface area contributed by atoms with E-state index in [1.54, 1.807) is 11.1 Å². The second-order valence-corrected chi connectivity index (χ2v) is 19.6. The number of rotatable bonds is 2. The van der Waals surface area contributed by atoms with Crippen LogP contribution in [0.15, 0.2) is 57.9 Å². The number of hydrogen-bond acceptors (Lipinski definition) is 0. The van der Waals surface area contributed by atoms with Gasteiger partial charge in [-0.2, -0.15) is 0 Å². The Labute approximate surface area is 215 Å². The molecule has 178 valence electrons. The molecule has 0 unspecified atom stereocenters. The fraction of sp³-hybridized carbons (Fsp3) is 0.485. The van der Waals surface area contributed by atoms with E-state index in [1.165, 1.54) is 67.2 Å². The van der Waals surface area contributed by atoms with Crippen molar-refractivity contribution < 1.29 is 21.3 Å². The number of allylic oxidation sites excluding steroid dienone is 4. The standard InChI is InChI=1S/C21H25.C7H12.C5H5.Zr/c1-20(2,3)16-9-7-14-11-15-8-10-17(21(4,5)6)13-19(15)18(14)12-16;1-2-4-6-7-5-3-1;1-2-4-5-3-1;/h7-13H,1-6H3;1-6H2;1-3H,4H2;. The van der Waals surface area contributed by atoms with Gasteiger partial charge in [-0.3, -0.25) is 0 Å². The minimum atomic E-state index is -2.10. The van der Waals surface area contributed by atoms with E-state index in [4.69, 9.17) is 0 Å². The summed E-state index contributed by atoms with van der Waals surface area (Å²) in [5.41, 5.74) is 9.64.